The quantitative estimate of drug-likeness (QED) is 0.315. The van der Waals surface area contributed by atoms with Crippen LogP contribution in [0.3, 0.4) is 0 Å². The molecule has 0 aliphatic heterocycles. The predicted molar refractivity (Wildman–Crippen MR) is 150 cm³/mol. The minimum Gasteiger partial charge on any atom is -0.478 e. The van der Waals surface area contributed by atoms with Crippen molar-refractivity contribution < 1.29 is 40.4 Å². The summed E-state index contributed by atoms with van der Waals surface area (Å²) in [6, 6.07) is 4.38. The van der Waals surface area contributed by atoms with Crippen LogP contribution < -0.4 is 5.19 Å². The molecule has 1 rings (SSSR count). The molecule has 0 saturated carbocycles. The molecule has 1 aromatic carbocycles. The maximum atomic E-state index is 11.6. The van der Waals surface area contributed by atoms with E-state index in [0.29, 0.717) is 5.19 Å². The SMILES string of the molecule is C[Si](C)O[Si](C)(C)O[Si](C)(C)O[Si](C)(C)O[Si](C)(C)O[Si](C)(C)c1ccc(C(=O)O)c(C(=O)O)c1. The molecule has 1 radical (unpaired) electrons. The van der Waals surface area contributed by atoms with Crippen LogP contribution in [0.4, 0.5) is 0 Å². The number of carboxylic acid groups (broad SMARTS) is 2. The van der Waals surface area contributed by atoms with Gasteiger partial charge in [-0.15, -0.1) is 0 Å². The number of hydrogen-bond donors (Lipinski definition) is 2. The summed E-state index contributed by atoms with van der Waals surface area (Å²) >= 11 is 0. The standard InChI is InChI=1S/C20H41O9Si6/c1-30(2)25-32(5,6)27-34(9,10)29-35(11,12)28-33(7,8)26-31(3,4)16-13-14-17(19(21)22)18(15-16)20(23)24/h13-15H,1-12H3,(H,21,22)(H,23,24). The van der Waals surface area contributed by atoms with Crippen LogP contribution in [0, 0.1) is 0 Å². The van der Waals surface area contributed by atoms with Gasteiger partial charge in [0.2, 0.25) is 8.32 Å². The molecular formula is C20H41O9Si6. The lowest BCUT2D eigenvalue weighted by Gasteiger charge is -2.42. The van der Waals surface area contributed by atoms with Gasteiger partial charge < -0.3 is 30.8 Å². The van der Waals surface area contributed by atoms with Gasteiger partial charge in [-0.25, -0.2) is 9.59 Å². The first-order chi connectivity index (χ1) is 15.5. The van der Waals surface area contributed by atoms with Crippen LogP contribution in [0.5, 0.6) is 0 Å². The van der Waals surface area contributed by atoms with E-state index in [1.807, 2.05) is 65.5 Å². The first-order valence-corrected chi connectivity index (χ1v) is 28.0. The monoisotopic (exact) mass is 593 g/mol. The van der Waals surface area contributed by atoms with Gasteiger partial charge in [0.1, 0.15) is 0 Å². The topological polar surface area (TPSA) is 121 Å². The van der Waals surface area contributed by atoms with E-state index in [-0.39, 0.29) is 11.1 Å². The van der Waals surface area contributed by atoms with E-state index in [1.54, 1.807) is 6.07 Å². The molecule has 199 valence electrons. The van der Waals surface area contributed by atoms with Gasteiger partial charge in [0, 0.05) is 0 Å². The van der Waals surface area contributed by atoms with E-state index >= 15 is 0 Å². The smallest absolute Gasteiger partial charge is 0.336 e. The van der Waals surface area contributed by atoms with Crippen LogP contribution in [0.2, 0.25) is 78.6 Å². The van der Waals surface area contributed by atoms with Crippen LogP contribution in [0.1, 0.15) is 20.7 Å². The maximum Gasteiger partial charge on any atom is 0.336 e. The Hall–Kier alpha value is -0.739. The van der Waals surface area contributed by atoms with Crippen molar-refractivity contribution in [2.24, 2.45) is 0 Å². The molecule has 0 spiro atoms. The van der Waals surface area contributed by atoms with Gasteiger partial charge in [0.25, 0.3) is 0 Å². The summed E-state index contributed by atoms with van der Waals surface area (Å²) in [6.07, 6.45) is 0. The normalized spacial score (nSPS) is 13.9. The number of hydrogen-bond acceptors (Lipinski definition) is 7. The number of carboxylic acids is 2. The largest absolute Gasteiger partial charge is 0.478 e. The zero-order valence-electron chi connectivity index (χ0n) is 23.0. The van der Waals surface area contributed by atoms with Crippen molar-refractivity contribution in [3.05, 3.63) is 29.3 Å². The fourth-order valence-corrected chi connectivity index (χ4v) is 31.0. The molecule has 35 heavy (non-hydrogen) atoms. The van der Waals surface area contributed by atoms with Gasteiger partial charge in [0.05, 0.1) is 11.1 Å². The molecule has 0 aromatic heterocycles. The molecule has 0 saturated heterocycles. The lowest BCUT2D eigenvalue weighted by Crippen LogP contribution is -2.60. The molecule has 0 heterocycles. The summed E-state index contributed by atoms with van der Waals surface area (Å²) in [5.74, 6) is -2.57. The van der Waals surface area contributed by atoms with Crippen molar-refractivity contribution in [1.29, 1.82) is 0 Å². The van der Waals surface area contributed by atoms with Gasteiger partial charge in [0.15, 0.2) is 9.04 Å². The highest BCUT2D eigenvalue weighted by Crippen LogP contribution is 2.26. The van der Waals surface area contributed by atoms with E-state index in [2.05, 4.69) is 13.1 Å². The Balaban J connectivity index is 3.06. The Bertz CT molecular complexity index is 932. The molecule has 0 atom stereocenters. The van der Waals surface area contributed by atoms with Crippen molar-refractivity contribution >= 4 is 68.7 Å². The summed E-state index contributed by atoms with van der Waals surface area (Å²) in [5, 5.41) is 19.5. The van der Waals surface area contributed by atoms with E-state index in [4.69, 9.17) is 20.6 Å². The molecule has 2 N–H and O–H groups in total. The van der Waals surface area contributed by atoms with Crippen LogP contribution in [0.25, 0.3) is 0 Å². The molecular weight excluding hydrogens is 553 g/mol. The minimum atomic E-state index is -2.74. The fourth-order valence-electron chi connectivity index (χ4n) is 4.31. The molecule has 0 amide bonds. The van der Waals surface area contributed by atoms with E-state index < -0.39 is 63.5 Å². The summed E-state index contributed by atoms with van der Waals surface area (Å²) in [7, 11) is -13.8. The minimum absolute atomic E-state index is 0.247. The Morgan fingerprint density at radius 3 is 1.46 bits per heavy atom. The van der Waals surface area contributed by atoms with E-state index in [1.165, 1.54) is 12.1 Å². The van der Waals surface area contributed by atoms with Gasteiger partial charge in [-0.1, -0.05) is 6.07 Å². The lowest BCUT2D eigenvalue weighted by molar-refractivity contribution is 0.0651. The molecule has 0 bridgehead atoms. The summed E-state index contributed by atoms with van der Waals surface area (Å²) in [4.78, 5) is 23.1. The third-order valence-electron chi connectivity index (χ3n) is 4.60. The van der Waals surface area contributed by atoms with Gasteiger partial charge in [-0.2, -0.15) is 0 Å². The van der Waals surface area contributed by atoms with Crippen LogP contribution in [-0.4, -0.2) is 73.8 Å². The second-order valence-electron chi connectivity index (χ2n) is 10.9. The van der Waals surface area contributed by atoms with Gasteiger partial charge >= 0.3 is 46.2 Å². The van der Waals surface area contributed by atoms with E-state index in [9.17, 15) is 19.8 Å². The van der Waals surface area contributed by atoms with Crippen LogP contribution >= 0.6 is 0 Å². The summed E-state index contributed by atoms with van der Waals surface area (Å²) in [6.45, 7) is 24.0. The summed E-state index contributed by atoms with van der Waals surface area (Å²) < 4.78 is 32.2. The molecule has 1 aromatic rings. The second-order valence-corrected chi connectivity index (χ2v) is 31.6. The zero-order chi connectivity index (χ0) is 27.6. The van der Waals surface area contributed by atoms with Crippen molar-refractivity contribution in [3.8, 4) is 0 Å². The van der Waals surface area contributed by atoms with Crippen molar-refractivity contribution in [2.75, 3.05) is 0 Å². The van der Waals surface area contributed by atoms with Crippen molar-refractivity contribution in [2.45, 2.75) is 78.6 Å². The number of aromatic carboxylic acids is 2. The predicted octanol–water partition coefficient (Wildman–Crippen LogP) is 4.64. The van der Waals surface area contributed by atoms with Crippen LogP contribution in [-0.2, 0) is 20.6 Å². The van der Waals surface area contributed by atoms with Gasteiger partial charge in [-0.05, 0) is 95.9 Å². The van der Waals surface area contributed by atoms with Crippen molar-refractivity contribution in [3.63, 3.8) is 0 Å². The Kier molecular flexibility index (Phi) is 10.5. The number of carbonyl (C=O) groups is 2. The third kappa shape index (κ3) is 10.6. The highest BCUT2D eigenvalue weighted by molar-refractivity contribution is 6.94. The molecule has 0 aliphatic rings. The molecule has 15 heteroatoms. The highest BCUT2D eigenvalue weighted by atomic mass is 28.5. The Morgan fingerprint density at radius 1 is 0.657 bits per heavy atom. The molecule has 0 fully saturated rings. The average Bonchev–Trinajstić information content (AvgIpc) is 2.55. The molecule has 9 nitrogen and oxygen atoms in total. The second kappa shape index (κ2) is 11.3. The molecule has 0 unspecified atom stereocenters. The lowest BCUT2D eigenvalue weighted by atomic mass is 10.1. The first kappa shape index (κ1) is 32.3. The van der Waals surface area contributed by atoms with E-state index in [0.717, 1.165) is 0 Å². The van der Waals surface area contributed by atoms with Crippen molar-refractivity contribution in [1.82, 2.24) is 0 Å². The summed E-state index contributed by atoms with van der Waals surface area (Å²) in [5.41, 5.74) is -0.497. The zero-order valence-corrected chi connectivity index (χ0v) is 29.0. The number of rotatable bonds is 13. The third-order valence-corrected chi connectivity index (χ3v) is 25.7. The Morgan fingerprint density at radius 2 is 1.06 bits per heavy atom. The van der Waals surface area contributed by atoms with Crippen LogP contribution in [0.15, 0.2) is 18.2 Å². The average molecular weight is 594 g/mol. The van der Waals surface area contributed by atoms with Gasteiger partial charge in [-0.3, -0.25) is 0 Å². The maximum absolute atomic E-state index is 11.6. The highest BCUT2D eigenvalue weighted by Gasteiger charge is 2.46. The fraction of sp³-hybridized carbons (Fsp3) is 0.600. The first-order valence-electron chi connectivity index (χ1n) is 11.4. The Labute approximate surface area is 216 Å². The number of benzene rings is 1. The molecule has 0 aliphatic carbocycles.